The number of hydrogen-bond donors (Lipinski definition) is 0. The van der Waals surface area contributed by atoms with Crippen LogP contribution in [-0.4, -0.2) is 20.7 Å². The molecule has 1 heterocycles. The van der Waals surface area contributed by atoms with Gasteiger partial charge in [0.25, 0.3) is 0 Å². The quantitative estimate of drug-likeness (QED) is 0.567. The van der Waals surface area contributed by atoms with Gasteiger partial charge in [0.15, 0.2) is 0 Å². The fourth-order valence-corrected chi connectivity index (χ4v) is 1.55. The van der Waals surface area contributed by atoms with Crippen LogP contribution in [0.4, 0.5) is 0 Å². The molecule has 0 saturated carbocycles. The second kappa shape index (κ2) is 3.25. The standard InChI is InChI=1S/C3H6NO2S.Y/c5-7(6)3-1-2-4-7;/h1-3H2;/q-1;. The minimum absolute atomic E-state index is 0. The molecular weight excluding hydrogens is 203 g/mol. The van der Waals surface area contributed by atoms with Crippen LogP contribution in [0.3, 0.4) is 0 Å². The number of nitrogens with zero attached hydrogens (tertiary/aromatic N) is 1. The summed E-state index contributed by atoms with van der Waals surface area (Å²) in [5.74, 6) is 0.257. The average molecular weight is 209 g/mol. The SMILES string of the molecule is O=S1(=O)CCC[N-]1.[Y]. The van der Waals surface area contributed by atoms with Gasteiger partial charge in [0.2, 0.25) is 0 Å². The molecule has 1 aliphatic heterocycles. The molecule has 0 atom stereocenters. The molecule has 0 aromatic heterocycles. The Bertz CT molecular complexity index is 141. The summed E-state index contributed by atoms with van der Waals surface area (Å²) in [5, 5.41) is 0. The summed E-state index contributed by atoms with van der Waals surface area (Å²) in [4.78, 5) is 0. The van der Waals surface area contributed by atoms with Crippen LogP contribution < -0.4 is 0 Å². The first-order valence-electron chi connectivity index (χ1n) is 2.12. The van der Waals surface area contributed by atoms with Crippen molar-refractivity contribution in [3.8, 4) is 0 Å². The molecule has 0 spiro atoms. The Morgan fingerprint density at radius 2 is 2.00 bits per heavy atom. The summed E-state index contributed by atoms with van der Waals surface area (Å²) in [5.41, 5.74) is 0. The zero-order chi connectivity index (χ0) is 5.33. The first-order chi connectivity index (χ1) is 3.21. The third kappa shape index (κ3) is 2.53. The minimum atomic E-state index is -2.92. The van der Waals surface area contributed by atoms with Crippen LogP contribution in [0.5, 0.6) is 0 Å². The van der Waals surface area contributed by atoms with Crippen molar-refractivity contribution in [3.05, 3.63) is 4.72 Å². The molecule has 1 saturated heterocycles. The van der Waals surface area contributed by atoms with Crippen molar-refractivity contribution in [2.24, 2.45) is 0 Å². The van der Waals surface area contributed by atoms with Crippen molar-refractivity contribution in [1.29, 1.82) is 0 Å². The van der Waals surface area contributed by atoms with E-state index in [0.717, 1.165) is 0 Å². The molecule has 5 heteroatoms. The predicted octanol–water partition coefficient (Wildman–Crippen LogP) is 0.0911. The summed E-state index contributed by atoms with van der Waals surface area (Å²) in [6.45, 7) is 0.502. The van der Waals surface area contributed by atoms with E-state index in [1.54, 1.807) is 0 Å². The molecule has 0 N–H and O–H groups in total. The van der Waals surface area contributed by atoms with E-state index in [1.165, 1.54) is 0 Å². The Morgan fingerprint density at radius 3 is 2.12 bits per heavy atom. The maximum Gasteiger partial charge on any atom is 0.0721 e. The fraction of sp³-hybridized carbons (Fsp3) is 1.00. The Labute approximate surface area is 74.2 Å². The molecule has 0 aromatic carbocycles. The van der Waals surface area contributed by atoms with Gasteiger partial charge in [-0.25, -0.2) is 8.42 Å². The number of sulfonamides is 1. The summed E-state index contributed by atoms with van der Waals surface area (Å²) >= 11 is 0. The normalized spacial score (nSPS) is 24.5. The Balaban J connectivity index is 0.000000490. The molecule has 3 nitrogen and oxygen atoms in total. The minimum Gasteiger partial charge on any atom is -0.549 e. The van der Waals surface area contributed by atoms with Crippen molar-refractivity contribution in [2.75, 3.05) is 12.3 Å². The van der Waals surface area contributed by atoms with E-state index in [-0.39, 0.29) is 38.5 Å². The Kier molecular flexibility index (Phi) is 3.66. The molecule has 0 amide bonds. The summed E-state index contributed by atoms with van der Waals surface area (Å²) < 4.78 is 23.9. The van der Waals surface area contributed by atoms with Gasteiger partial charge in [-0.1, -0.05) is 6.42 Å². The maximum atomic E-state index is 10.3. The van der Waals surface area contributed by atoms with Crippen molar-refractivity contribution in [2.45, 2.75) is 6.42 Å². The van der Waals surface area contributed by atoms with Gasteiger partial charge in [-0.3, -0.25) is 0 Å². The largest absolute Gasteiger partial charge is 0.549 e. The summed E-state index contributed by atoms with van der Waals surface area (Å²) in [6, 6.07) is 0. The van der Waals surface area contributed by atoms with Gasteiger partial charge in [-0.05, 0) is 0 Å². The van der Waals surface area contributed by atoms with Crippen LogP contribution in [0.2, 0.25) is 0 Å². The third-order valence-corrected chi connectivity index (χ3v) is 2.23. The second-order valence-electron chi connectivity index (χ2n) is 1.49. The van der Waals surface area contributed by atoms with Crippen molar-refractivity contribution in [3.63, 3.8) is 0 Å². The zero-order valence-electron chi connectivity index (χ0n) is 4.37. The van der Waals surface area contributed by atoms with Crippen LogP contribution in [0, 0.1) is 0 Å². The molecule has 1 radical (unpaired) electrons. The van der Waals surface area contributed by atoms with Gasteiger partial charge in [0, 0.05) is 38.5 Å². The van der Waals surface area contributed by atoms with Crippen LogP contribution in [-0.2, 0) is 42.7 Å². The Hall–Kier alpha value is 1.01. The molecule has 0 bridgehead atoms. The van der Waals surface area contributed by atoms with Crippen LogP contribution in [0.25, 0.3) is 4.72 Å². The van der Waals surface area contributed by atoms with Crippen molar-refractivity contribution >= 4 is 10.0 Å². The van der Waals surface area contributed by atoms with Crippen molar-refractivity contribution < 1.29 is 41.1 Å². The predicted molar refractivity (Wildman–Crippen MR) is 26.6 cm³/mol. The van der Waals surface area contributed by atoms with Gasteiger partial charge >= 0.3 is 0 Å². The van der Waals surface area contributed by atoms with Crippen LogP contribution >= 0.6 is 0 Å². The topological polar surface area (TPSA) is 48.2 Å². The van der Waals surface area contributed by atoms with Gasteiger partial charge in [0.05, 0.1) is 10.0 Å². The molecule has 0 unspecified atom stereocenters. The van der Waals surface area contributed by atoms with E-state index >= 15 is 0 Å². The first-order valence-corrected chi connectivity index (χ1v) is 3.73. The molecule has 1 fully saturated rings. The van der Waals surface area contributed by atoms with E-state index in [9.17, 15) is 8.42 Å². The van der Waals surface area contributed by atoms with Gasteiger partial charge < -0.3 is 4.72 Å². The van der Waals surface area contributed by atoms with E-state index in [1.807, 2.05) is 0 Å². The molecule has 45 valence electrons. The van der Waals surface area contributed by atoms with E-state index < -0.39 is 10.0 Å². The van der Waals surface area contributed by atoms with Gasteiger partial charge in [-0.15, -0.1) is 6.54 Å². The Morgan fingerprint density at radius 1 is 1.38 bits per heavy atom. The fourth-order valence-electron chi connectivity index (χ4n) is 0.515. The van der Waals surface area contributed by atoms with E-state index in [0.29, 0.717) is 13.0 Å². The summed E-state index contributed by atoms with van der Waals surface area (Å²) in [7, 11) is -2.92. The smallest absolute Gasteiger partial charge is 0.0721 e. The molecule has 8 heavy (non-hydrogen) atoms. The first kappa shape index (κ1) is 9.01. The second-order valence-corrected chi connectivity index (χ2v) is 3.32. The average Bonchev–Trinajstić information content (AvgIpc) is 1.84. The van der Waals surface area contributed by atoms with Crippen LogP contribution in [0.1, 0.15) is 6.42 Å². The zero-order valence-corrected chi connectivity index (χ0v) is 8.03. The van der Waals surface area contributed by atoms with E-state index in [4.69, 9.17) is 0 Å². The van der Waals surface area contributed by atoms with Gasteiger partial charge in [-0.2, -0.15) is 0 Å². The van der Waals surface area contributed by atoms with Gasteiger partial charge in [0.1, 0.15) is 0 Å². The number of hydrogen-bond acceptors (Lipinski definition) is 2. The molecule has 0 aliphatic carbocycles. The third-order valence-electron chi connectivity index (χ3n) is 0.848. The molecule has 0 aromatic rings. The molecule has 1 rings (SSSR count). The van der Waals surface area contributed by atoms with Crippen LogP contribution in [0.15, 0.2) is 0 Å². The maximum absolute atomic E-state index is 10.3. The van der Waals surface area contributed by atoms with E-state index in [2.05, 4.69) is 4.72 Å². The number of rotatable bonds is 0. The molecular formula is C3H6NO2SY-. The van der Waals surface area contributed by atoms with Crippen molar-refractivity contribution in [1.82, 2.24) is 0 Å². The molecule has 1 aliphatic rings. The summed E-state index contributed by atoms with van der Waals surface area (Å²) in [6.07, 6.45) is 0.711. The monoisotopic (exact) mass is 209 g/mol.